The number of nitrogens with two attached hydrogens (primary N) is 1. The molecule has 2 N–H and O–H groups in total. The number of carbonyl (C=O) groups excluding carboxylic acids is 2. The third kappa shape index (κ3) is 4.03. The summed E-state index contributed by atoms with van der Waals surface area (Å²) >= 11 is 0. The quantitative estimate of drug-likeness (QED) is 0.860. The molecule has 25 heavy (non-hydrogen) atoms. The Morgan fingerprint density at radius 2 is 1.48 bits per heavy atom. The topological polar surface area (TPSA) is 66.6 Å². The van der Waals surface area contributed by atoms with Crippen molar-refractivity contribution < 1.29 is 9.59 Å². The van der Waals surface area contributed by atoms with Crippen LogP contribution in [-0.2, 0) is 11.2 Å². The zero-order valence-corrected chi connectivity index (χ0v) is 15.8. The van der Waals surface area contributed by atoms with E-state index in [1.807, 2.05) is 47.9 Å². The van der Waals surface area contributed by atoms with Gasteiger partial charge in [0.05, 0.1) is 5.41 Å². The van der Waals surface area contributed by atoms with Crippen LogP contribution in [0.15, 0.2) is 24.3 Å². The van der Waals surface area contributed by atoms with Crippen molar-refractivity contribution in [3.8, 4) is 0 Å². The van der Waals surface area contributed by atoms with E-state index in [2.05, 4.69) is 6.92 Å². The molecule has 0 atom stereocenters. The van der Waals surface area contributed by atoms with E-state index in [1.54, 1.807) is 0 Å². The second-order valence-corrected chi connectivity index (χ2v) is 6.83. The summed E-state index contributed by atoms with van der Waals surface area (Å²) in [5, 5.41) is 0. The minimum atomic E-state index is -0.456. The van der Waals surface area contributed by atoms with Crippen LogP contribution in [0.3, 0.4) is 0 Å². The summed E-state index contributed by atoms with van der Waals surface area (Å²) in [7, 11) is 0. The van der Waals surface area contributed by atoms with Crippen LogP contribution in [0.2, 0.25) is 0 Å². The first-order valence-corrected chi connectivity index (χ1v) is 9.39. The van der Waals surface area contributed by atoms with Gasteiger partial charge in [0.25, 0.3) is 5.91 Å². The number of amides is 2. The lowest BCUT2D eigenvalue weighted by Gasteiger charge is -2.40. The molecule has 5 heteroatoms. The van der Waals surface area contributed by atoms with Gasteiger partial charge < -0.3 is 15.5 Å². The van der Waals surface area contributed by atoms with Crippen LogP contribution in [0, 0.1) is 5.41 Å². The summed E-state index contributed by atoms with van der Waals surface area (Å²) in [6.45, 7) is 8.84. The summed E-state index contributed by atoms with van der Waals surface area (Å²) in [4.78, 5) is 29.2. The van der Waals surface area contributed by atoms with Gasteiger partial charge in [-0.25, -0.2) is 0 Å². The Kier molecular flexibility index (Phi) is 6.59. The van der Waals surface area contributed by atoms with Gasteiger partial charge in [-0.15, -0.1) is 0 Å². The summed E-state index contributed by atoms with van der Waals surface area (Å²) in [5.74, 6) is 0.185. The lowest BCUT2D eigenvalue weighted by atomic mass is 9.81. The van der Waals surface area contributed by atoms with Gasteiger partial charge in [-0.1, -0.05) is 32.9 Å². The minimum absolute atomic E-state index is 0.0471. The summed E-state index contributed by atoms with van der Waals surface area (Å²) < 4.78 is 0. The lowest BCUT2D eigenvalue weighted by molar-refractivity contribution is -0.143. The van der Waals surface area contributed by atoms with Crippen molar-refractivity contribution in [3.63, 3.8) is 0 Å². The first-order chi connectivity index (χ1) is 12.0. The number of hydrogen-bond acceptors (Lipinski definition) is 3. The Hall–Kier alpha value is -1.88. The molecule has 0 unspecified atom stereocenters. The Balaban J connectivity index is 1.98. The fourth-order valence-corrected chi connectivity index (χ4v) is 3.44. The van der Waals surface area contributed by atoms with E-state index < -0.39 is 5.41 Å². The van der Waals surface area contributed by atoms with Crippen LogP contribution < -0.4 is 5.73 Å². The maximum Gasteiger partial charge on any atom is 0.253 e. The number of rotatable bonds is 6. The van der Waals surface area contributed by atoms with Gasteiger partial charge in [0.1, 0.15) is 0 Å². The van der Waals surface area contributed by atoms with Crippen molar-refractivity contribution in [3.05, 3.63) is 35.4 Å². The molecule has 1 aromatic rings. The first kappa shape index (κ1) is 19.4. The Bertz CT molecular complexity index is 577. The molecule has 1 aliphatic rings. The molecule has 1 aliphatic heterocycles. The van der Waals surface area contributed by atoms with Crippen molar-refractivity contribution in [2.24, 2.45) is 11.1 Å². The van der Waals surface area contributed by atoms with E-state index in [4.69, 9.17) is 5.73 Å². The Labute approximate surface area is 151 Å². The van der Waals surface area contributed by atoms with Gasteiger partial charge in [0.2, 0.25) is 5.91 Å². The zero-order chi connectivity index (χ0) is 18.4. The van der Waals surface area contributed by atoms with Crippen LogP contribution in [0.25, 0.3) is 0 Å². The van der Waals surface area contributed by atoms with Crippen molar-refractivity contribution in [2.45, 2.75) is 40.0 Å². The molecule has 2 rings (SSSR count). The van der Waals surface area contributed by atoms with E-state index in [-0.39, 0.29) is 11.8 Å². The highest BCUT2D eigenvalue weighted by molar-refractivity contribution is 5.94. The molecule has 2 amide bonds. The lowest BCUT2D eigenvalue weighted by Crippen LogP contribution is -2.55. The Morgan fingerprint density at radius 3 is 1.92 bits per heavy atom. The molecule has 138 valence electrons. The zero-order valence-electron chi connectivity index (χ0n) is 15.8. The molecule has 0 bridgehead atoms. The molecular weight excluding hydrogens is 314 g/mol. The van der Waals surface area contributed by atoms with E-state index in [9.17, 15) is 9.59 Å². The molecule has 1 saturated heterocycles. The minimum Gasteiger partial charge on any atom is -0.339 e. The first-order valence-electron chi connectivity index (χ1n) is 9.39. The average molecular weight is 345 g/mol. The number of hydrogen-bond donors (Lipinski definition) is 1. The normalized spacial score (nSPS) is 15.4. The van der Waals surface area contributed by atoms with Crippen molar-refractivity contribution in [2.75, 3.05) is 32.7 Å². The second kappa shape index (κ2) is 8.48. The van der Waals surface area contributed by atoms with Gasteiger partial charge in [-0.3, -0.25) is 9.59 Å². The van der Waals surface area contributed by atoms with Gasteiger partial charge in [0, 0.05) is 38.3 Å². The molecule has 0 saturated carbocycles. The maximum atomic E-state index is 12.9. The highest BCUT2D eigenvalue weighted by Crippen LogP contribution is 2.28. The van der Waals surface area contributed by atoms with Crippen LogP contribution in [0.1, 0.15) is 49.5 Å². The summed E-state index contributed by atoms with van der Waals surface area (Å²) in [5.41, 5.74) is 7.39. The SMILES string of the molecule is CCc1ccc(C(=O)N2CCN(C(=O)C(CC)(CC)CN)CC2)cc1. The largest absolute Gasteiger partial charge is 0.339 e. The van der Waals surface area contributed by atoms with Gasteiger partial charge in [0.15, 0.2) is 0 Å². The molecule has 0 aliphatic carbocycles. The molecule has 5 nitrogen and oxygen atoms in total. The number of nitrogens with zero attached hydrogens (tertiary/aromatic N) is 2. The molecule has 1 heterocycles. The third-order valence-corrected chi connectivity index (χ3v) is 5.66. The number of aryl methyl sites for hydroxylation is 1. The van der Waals surface area contributed by atoms with Crippen LogP contribution in [0.4, 0.5) is 0 Å². The number of carbonyl (C=O) groups is 2. The van der Waals surface area contributed by atoms with E-state index >= 15 is 0 Å². The molecule has 1 aromatic carbocycles. The van der Waals surface area contributed by atoms with Crippen molar-refractivity contribution in [1.29, 1.82) is 0 Å². The van der Waals surface area contributed by atoms with E-state index in [1.165, 1.54) is 5.56 Å². The fraction of sp³-hybridized carbons (Fsp3) is 0.600. The van der Waals surface area contributed by atoms with Gasteiger partial charge >= 0.3 is 0 Å². The van der Waals surface area contributed by atoms with Gasteiger partial charge in [-0.05, 0) is 37.0 Å². The highest BCUT2D eigenvalue weighted by atomic mass is 16.2. The summed E-state index contributed by atoms with van der Waals surface area (Å²) in [6.07, 6.45) is 2.47. The Morgan fingerprint density at radius 1 is 0.960 bits per heavy atom. The van der Waals surface area contributed by atoms with E-state index in [0.29, 0.717) is 32.7 Å². The van der Waals surface area contributed by atoms with Crippen LogP contribution >= 0.6 is 0 Å². The van der Waals surface area contributed by atoms with E-state index in [0.717, 1.165) is 24.8 Å². The second-order valence-electron chi connectivity index (χ2n) is 6.83. The smallest absolute Gasteiger partial charge is 0.253 e. The molecule has 1 fully saturated rings. The van der Waals surface area contributed by atoms with Crippen LogP contribution in [0.5, 0.6) is 0 Å². The fourth-order valence-electron chi connectivity index (χ4n) is 3.44. The highest BCUT2D eigenvalue weighted by Gasteiger charge is 2.38. The average Bonchev–Trinajstić information content (AvgIpc) is 2.69. The third-order valence-electron chi connectivity index (χ3n) is 5.66. The van der Waals surface area contributed by atoms with Crippen LogP contribution in [-0.4, -0.2) is 54.3 Å². The summed E-state index contributed by atoms with van der Waals surface area (Å²) in [6, 6.07) is 7.80. The standard InChI is InChI=1S/C20H31N3O2/c1-4-16-7-9-17(10-8-16)18(24)22-11-13-23(14-12-22)19(25)20(5-2,6-3)15-21/h7-10H,4-6,11-15,21H2,1-3H3. The van der Waals surface area contributed by atoms with Gasteiger partial charge in [-0.2, -0.15) is 0 Å². The number of benzene rings is 1. The number of piperazine rings is 1. The molecular formula is C20H31N3O2. The predicted octanol–water partition coefficient (Wildman–Crippen LogP) is 2.30. The molecule has 0 aromatic heterocycles. The monoisotopic (exact) mass is 345 g/mol. The van der Waals surface area contributed by atoms with Crippen molar-refractivity contribution in [1.82, 2.24) is 9.80 Å². The van der Waals surface area contributed by atoms with Crippen molar-refractivity contribution >= 4 is 11.8 Å². The predicted molar refractivity (Wildman–Crippen MR) is 100 cm³/mol. The maximum absolute atomic E-state index is 12.9. The molecule has 0 radical (unpaired) electrons. The molecule has 0 spiro atoms.